The Morgan fingerprint density at radius 2 is 2.05 bits per heavy atom. The number of piperidine rings is 1. The van der Waals surface area contributed by atoms with Crippen molar-refractivity contribution in [1.82, 2.24) is 9.97 Å². The number of hydrogen-bond acceptors (Lipinski definition) is 7. The fourth-order valence-corrected chi connectivity index (χ4v) is 3.46. The molecule has 0 amide bonds. The standard InChI is InChI=1S/C15H24N4O3/c1-10-7-12(18-13(16)17-10)19-5-3-15(4-6-19)9-14(2,21)11(20)8-22-15/h7,11,20-21H,3-6,8-9H2,1-2H3,(H2,16,17,18)/t11-,14-/m0/s1. The highest BCUT2D eigenvalue weighted by Gasteiger charge is 2.48. The average molecular weight is 308 g/mol. The van der Waals surface area contributed by atoms with E-state index in [2.05, 4.69) is 14.9 Å². The molecule has 1 aromatic heterocycles. The van der Waals surface area contributed by atoms with Crippen LogP contribution < -0.4 is 10.6 Å². The quantitative estimate of drug-likeness (QED) is 0.682. The van der Waals surface area contributed by atoms with Gasteiger partial charge in [0.2, 0.25) is 5.95 Å². The minimum absolute atomic E-state index is 0.187. The Labute approximate surface area is 130 Å². The lowest BCUT2D eigenvalue weighted by molar-refractivity contribution is -0.216. The summed E-state index contributed by atoms with van der Waals surface area (Å²) in [6.07, 6.45) is 1.22. The summed E-state index contributed by atoms with van der Waals surface area (Å²) in [5.74, 6) is 1.12. The minimum atomic E-state index is -1.09. The molecule has 3 rings (SSSR count). The fourth-order valence-electron chi connectivity index (χ4n) is 3.46. The first-order valence-electron chi connectivity index (χ1n) is 7.70. The van der Waals surface area contributed by atoms with Crippen LogP contribution >= 0.6 is 0 Å². The third-order valence-corrected chi connectivity index (χ3v) is 4.80. The van der Waals surface area contributed by atoms with E-state index in [1.54, 1.807) is 6.92 Å². The van der Waals surface area contributed by atoms with E-state index in [1.807, 2.05) is 13.0 Å². The third kappa shape index (κ3) is 2.88. The Morgan fingerprint density at radius 3 is 2.64 bits per heavy atom. The van der Waals surface area contributed by atoms with Crippen LogP contribution in [0.15, 0.2) is 6.07 Å². The summed E-state index contributed by atoms with van der Waals surface area (Å²) in [5.41, 5.74) is 5.13. The summed E-state index contributed by atoms with van der Waals surface area (Å²) in [4.78, 5) is 10.6. The van der Waals surface area contributed by atoms with Gasteiger partial charge in [-0.1, -0.05) is 0 Å². The van der Waals surface area contributed by atoms with Crippen molar-refractivity contribution in [3.63, 3.8) is 0 Å². The molecule has 4 N–H and O–H groups in total. The number of aliphatic hydroxyl groups is 2. The van der Waals surface area contributed by atoms with E-state index in [-0.39, 0.29) is 18.2 Å². The molecule has 2 aliphatic rings. The molecule has 7 heteroatoms. The van der Waals surface area contributed by atoms with Crippen molar-refractivity contribution in [3.8, 4) is 0 Å². The SMILES string of the molecule is Cc1cc(N2CCC3(CC2)C[C@](C)(O)[C@@H](O)CO3)nc(N)n1. The molecule has 1 aromatic rings. The average Bonchev–Trinajstić information content (AvgIpc) is 2.43. The monoisotopic (exact) mass is 308 g/mol. The van der Waals surface area contributed by atoms with Crippen molar-refractivity contribution in [2.24, 2.45) is 0 Å². The number of ether oxygens (including phenoxy) is 1. The normalized spacial score (nSPS) is 31.5. The number of aromatic nitrogens is 2. The zero-order chi connectivity index (χ0) is 16.0. The lowest BCUT2D eigenvalue weighted by Gasteiger charge is -2.50. The summed E-state index contributed by atoms with van der Waals surface area (Å²) in [7, 11) is 0. The maximum Gasteiger partial charge on any atom is 0.222 e. The van der Waals surface area contributed by atoms with Gasteiger partial charge in [0, 0.05) is 31.3 Å². The topological polar surface area (TPSA) is 105 Å². The predicted molar refractivity (Wildman–Crippen MR) is 82.6 cm³/mol. The van der Waals surface area contributed by atoms with Crippen molar-refractivity contribution >= 4 is 11.8 Å². The van der Waals surface area contributed by atoms with Gasteiger partial charge < -0.3 is 25.6 Å². The van der Waals surface area contributed by atoms with Crippen molar-refractivity contribution in [2.75, 3.05) is 30.3 Å². The summed E-state index contributed by atoms with van der Waals surface area (Å²) >= 11 is 0. The summed E-state index contributed by atoms with van der Waals surface area (Å²) in [5, 5.41) is 20.2. The number of nitrogens with zero attached hydrogens (tertiary/aromatic N) is 3. The molecule has 0 aromatic carbocycles. The van der Waals surface area contributed by atoms with E-state index in [0.29, 0.717) is 6.42 Å². The molecule has 0 radical (unpaired) electrons. The van der Waals surface area contributed by atoms with Gasteiger partial charge in [-0.3, -0.25) is 0 Å². The van der Waals surface area contributed by atoms with Gasteiger partial charge in [0.05, 0.1) is 17.8 Å². The number of rotatable bonds is 1. The molecule has 2 atom stereocenters. The van der Waals surface area contributed by atoms with Gasteiger partial charge in [-0.2, -0.15) is 4.98 Å². The minimum Gasteiger partial charge on any atom is -0.388 e. The zero-order valence-electron chi connectivity index (χ0n) is 13.1. The molecule has 2 saturated heterocycles. The maximum atomic E-state index is 10.3. The van der Waals surface area contributed by atoms with Crippen molar-refractivity contribution in [3.05, 3.63) is 11.8 Å². The molecule has 0 unspecified atom stereocenters. The molecule has 22 heavy (non-hydrogen) atoms. The Kier molecular flexibility index (Phi) is 3.74. The molecule has 0 aliphatic carbocycles. The maximum absolute atomic E-state index is 10.3. The van der Waals surface area contributed by atoms with E-state index in [1.165, 1.54) is 0 Å². The second-order valence-corrected chi connectivity index (χ2v) is 6.76. The predicted octanol–water partition coefficient (Wildman–Crippen LogP) is 0.238. The zero-order valence-corrected chi connectivity index (χ0v) is 13.1. The molecule has 0 bridgehead atoms. The first-order chi connectivity index (χ1) is 10.3. The van der Waals surface area contributed by atoms with Crippen LogP contribution in [0.4, 0.5) is 11.8 Å². The Bertz CT molecular complexity index is 535. The van der Waals surface area contributed by atoms with Crippen LogP contribution in [-0.2, 0) is 4.74 Å². The third-order valence-electron chi connectivity index (χ3n) is 4.80. The second kappa shape index (κ2) is 5.33. The van der Waals surface area contributed by atoms with Crippen LogP contribution in [0, 0.1) is 6.92 Å². The Hall–Kier alpha value is -1.44. The van der Waals surface area contributed by atoms with E-state index < -0.39 is 11.7 Å². The van der Waals surface area contributed by atoms with Gasteiger partial charge in [-0.15, -0.1) is 0 Å². The van der Waals surface area contributed by atoms with Gasteiger partial charge in [0.15, 0.2) is 0 Å². The Balaban J connectivity index is 1.70. The van der Waals surface area contributed by atoms with Crippen molar-refractivity contribution in [2.45, 2.75) is 50.4 Å². The molecule has 0 saturated carbocycles. The van der Waals surface area contributed by atoms with Gasteiger partial charge in [-0.25, -0.2) is 4.98 Å². The molecular formula is C15H24N4O3. The number of hydrogen-bond donors (Lipinski definition) is 3. The van der Waals surface area contributed by atoms with Crippen LogP contribution in [0.3, 0.4) is 0 Å². The van der Waals surface area contributed by atoms with Crippen LogP contribution in [0.1, 0.15) is 31.9 Å². The van der Waals surface area contributed by atoms with E-state index in [9.17, 15) is 10.2 Å². The molecule has 2 aliphatic heterocycles. The summed E-state index contributed by atoms with van der Waals surface area (Å²) in [6, 6.07) is 1.93. The first-order valence-corrected chi connectivity index (χ1v) is 7.70. The lowest BCUT2D eigenvalue weighted by atomic mass is 9.76. The highest BCUT2D eigenvalue weighted by molar-refractivity contribution is 5.43. The number of anilines is 2. The van der Waals surface area contributed by atoms with Gasteiger partial charge in [0.25, 0.3) is 0 Å². The van der Waals surface area contributed by atoms with Gasteiger partial charge in [-0.05, 0) is 26.7 Å². The van der Waals surface area contributed by atoms with E-state index >= 15 is 0 Å². The lowest BCUT2D eigenvalue weighted by Crippen LogP contribution is -2.59. The largest absolute Gasteiger partial charge is 0.388 e. The van der Waals surface area contributed by atoms with Crippen LogP contribution in [0.5, 0.6) is 0 Å². The van der Waals surface area contributed by atoms with E-state index in [0.717, 1.165) is 37.4 Å². The van der Waals surface area contributed by atoms with Crippen LogP contribution in [-0.4, -0.2) is 57.2 Å². The van der Waals surface area contributed by atoms with E-state index in [4.69, 9.17) is 10.5 Å². The molecule has 3 heterocycles. The second-order valence-electron chi connectivity index (χ2n) is 6.76. The molecule has 2 fully saturated rings. The van der Waals surface area contributed by atoms with Crippen molar-refractivity contribution in [1.29, 1.82) is 0 Å². The number of aliphatic hydroxyl groups excluding tert-OH is 1. The summed E-state index contributed by atoms with van der Waals surface area (Å²) in [6.45, 7) is 5.33. The van der Waals surface area contributed by atoms with Gasteiger partial charge >= 0.3 is 0 Å². The summed E-state index contributed by atoms with van der Waals surface area (Å²) < 4.78 is 5.89. The number of nitrogens with two attached hydrogens (primary N) is 1. The highest BCUT2D eigenvalue weighted by Crippen LogP contribution is 2.40. The molecule has 122 valence electrons. The molecular weight excluding hydrogens is 284 g/mol. The molecule has 1 spiro atoms. The molecule has 7 nitrogen and oxygen atoms in total. The van der Waals surface area contributed by atoms with Crippen molar-refractivity contribution < 1.29 is 14.9 Å². The fraction of sp³-hybridized carbons (Fsp3) is 0.733. The highest BCUT2D eigenvalue weighted by atomic mass is 16.5. The number of aryl methyl sites for hydroxylation is 1. The van der Waals surface area contributed by atoms with Gasteiger partial charge in [0.1, 0.15) is 11.9 Å². The van der Waals surface area contributed by atoms with Crippen LogP contribution in [0.2, 0.25) is 0 Å². The van der Waals surface area contributed by atoms with Crippen LogP contribution in [0.25, 0.3) is 0 Å². The first kappa shape index (κ1) is 15.5. The number of nitrogen functional groups attached to an aromatic ring is 1. The smallest absolute Gasteiger partial charge is 0.222 e. The Morgan fingerprint density at radius 1 is 1.36 bits per heavy atom.